The van der Waals surface area contributed by atoms with E-state index in [1.807, 2.05) is 0 Å². The van der Waals surface area contributed by atoms with E-state index in [2.05, 4.69) is 11.9 Å². The lowest BCUT2D eigenvalue weighted by Crippen LogP contribution is -2.12. The number of non-ortho nitro benzene ring substituents is 1. The molecule has 1 amide bonds. The van der Waals surface area contributed by atoms with E-state index in [-0.39, 0.29) is 11.6 Å². The molecule has 5 nitrogen and oxygen atoms in total. The van der Waals surface area contributed by atoms with Crippen molar-refractivity contribution in [2.24, 2.45) is 0 Å². The van der Waals surface area contributed by atoms with Crippen LogP contribution < -0.4 is 5.32 Å². The van der Waals surface area contributed by atoms with Crippen LogP contribution in [0.2, 0.25) is 0 Å². The fourth-order valence-electron chi connectivity index (χ4n) is 1.13. The molecule has 0 radical (unpaired) electrons. The van der Waals surface area contributed by atoms with Gasteiger partial charge in [-0.1, -0.05) is 6.58 Å². The summed E-state index contributed by atoms with van der Waals surface area (Å²) in [6.07, 6.45) is 0. The number of nitrogens with zero attached hydrogens (tertiary/aromatic N) is 1. The number of anilines is 1. The van der Waals surface area contributed by atoms with Crippen molar-refractivity contribution in [2.45, 2.75) is 13.8 Å². The van der Waals surface area contributed by atoms with Crippen LogP contribution in [0.15, 0.2) is 30.4 Å². The Bertz CT molecular complexity index is 466. The molecule has 0 aliphatic heterocycles. The minimum atomic E-state index is -0.475. The molecule has 16 heavy (non-hydrogen) atoms. The Labute approximate surface area is 92.9 Å². The molecule has 0 spiro atoms. The molecule has 0 unspecified atom stereocenters. The quantitative estimate of drug-likeness (QED) is 0.483. The second-order valence-electron chi connectivity index (χ2n) is 3.49. The third-order valence-corrected chi connectivity index (χ3v) is 2.06. The van der Waals surface area contributed by atoms with Gasteiger partial charge in [-0.2, -0.15) is 0 Å². The van der Waals surface area contributed by atoms with Gasteiger partial charge in [-0.05, 0) is 25.5 Å². The van der Waals surface area contributed by atoms with E-state index in [1.165, 1.54) is 18.2 Å². The summed E-state index contributed by atoms with van der Waals surface area (Å²) in [6.45, 7) is 6.80. The molecule has 0 heterocycles. The van der Waals surface area contributed by atoms with Gasteiger partial charge in [0, 0.05) is 23.4 Å². The molecule has 84 valence electrons. The van der Waals surface area contributed by atoms with Crippen LogP contribution in [0.1, 0.15) is 12.5 Å². The first-order chi connectivity index (χ1) is 7.41. The highest BCUT2D eigenvalue weighted by molar-refractivity contribution is 6.03. The van der Waals surface area contributed by atoms with Crippen LogP contribution in [0, 0.1) is 17.0 Å². The summed E-state index contributed by atoms with van der Waals surface area (Å²) < 4.78 is 0. The highest BCUT2D eigenvalue weighted by Crippen LogP contribution is 2.21. The van der Waals surface area contributed by atoms with Gasteiger partial charge in [0.2, 0.25) is 0 Å². The minimum absolute atomic E-state index is 0.00539. The van der Waals surface area contributed by atoms with Gasteiger partial charge in [-0.3, -0.25) is 14.9 Å². The number of aryl methyl sites for hydroxylation is 1. The molecule has 0 fully saturated rings. The zero-order chi connectivity index (χ0) is 12.3. The third-order valence-electron chi connectivity index (χ3n) is 2.06. The molecule has 0 aliphatic carbocycles. The highest BCUT2D eigenvalue weighted by atomic mass is 16.6. The Hall–Kier alpha value is -2.17. The van der Waals surface area contributed by atoms with Crippen molar-refractivity contribution in [3.8, 4) is 0 Å². The number of carbonyl (C=O) groups excluding carboxylic acids is 1. The van der Waals surface area contributed by atoms with Gasteiger partial charge in [0.25, 0.3) is 11.6 Å². The van der Waals surface area contributed by atoms with E-state index in [9.17, 15) is 14.9 Å². The van der Waals surface area contributed by atoms with Gasteiger partial charge >= 0.3 is 0 Å². The maximum Gasteiger partial charge on any atom is 0.269 e. The topological polar surface area (TPSA) is 72.2 Å². The molecule has 1 rings (SSSR count). The monoisotopic (exact) mass is 220 g/mol. The van der Waals surface area contributed by atoms with Crippen molar-refractivity contribution in [1.29, 1.82) is 0 Å². The SMILES string of the molecule is C=C(C)C(=O)Nc1ccc([N+](=O)[O-])cc1C. The average Bonchev–Trinajstić information content (AvgIpc) is 2.20. The van der Waals surface area contributed by atoms with Crippen molar-refractivity contribution in [2.75, 3.05) is 5.32 Å². The van der Waals surface area contributed by atoms with Crippen molar-refractivity contribution >= 4 is 17.3 Å². The van der Waals surface area contributed by atoms with Gasteiger partial charge in [-0.15, -0.1) is 0 Å². The number of hydrogen-bond donors (Lipinski definition) is 1. The minimum Gasteiger partial charge on any atom is -0.322 e. The standard InChI is InChI=1S/C11H12N2O3/c1-7(2)11(14)12-10-5-4-9(13(15)16)6-8(10)3/h4-6H,1H2,2-3H3,(H,12,14). The number of nitrogens with one attached hydrogen (secondary N) is 1. The van der Waals surface area contributed by atoms with Crippen LogP contribution in [-0.4, -0.2) is 10.8 Å². The van der Waals surface area contributed by atoms with Crippen LogP contribution in [0.3, 0.4) is 0 Å². The van der Waals surface area contributed by atoms with E-state index in [1.54, 1.807) is 13.8 Å². The van der Waals surface area contributed by atoms with E-state index in [0.29, 0.717) is 16.8 Å². The Morgan fingerprint density at radius 2 is 2.12 bits per heavy atom. The maximum atomic E-state index is 11.3. The first kappa shape index (κ1) is 11.9. The van der Waals surface area contributed by atoms with Crippen LogP contribution in [0.4, 0.5) is 11.4 Å². The lowest BCUT2D eigenvalue weighted by Gasteiger charge is -2.07. The summed E-state index contributed by atoms with van der Waals surface area (Å²) in [5, 5.41) is 13.1. The summed E-state index contributed by atoms with van der Waals surface area (Å²) in [5.74, 6) is -0.294. The smallest absolute Gasteiger partial charge is 0.269 e. The highest BCUT2D eigenvalue weighted by Gasteiger charge is 2.10. The summed E-state index contributed by atoms with van der Waals surface area (Å²) in [7, 11) is 0. The normalized spacial score (nSPS) is 9.62. The molecule has 0 atom stereocenters. The number of benzene rings is 1. The Morgan fingerprint density at radius 3 is 2.56 bits per heavy atom. The predicted molar refractivity (Wildman–Crippen MR) is 61.3 cm³/mol. The van der Waals surface area contributed by atoms with E-state index < -0.39 is 4.92 Å². The summed E-state index contributed by atoms with van der Waals surface area (Å²) in [4.78, 5) is 21.4. The largest absolute Gasteiger partial charge is 0.322 e. The molecule has 0 saturated heterocycles. The fourth-order valence-corrected chi connectivity index (χ4v) is 1.13. The summed E-state index contributed by atoms with van der Waals surface area (Å²) in [5.41, 5.74) is 1.59. The molecule has 0 aromatic heterocycles. The van der Waals surface area contributed by atoms with Crippen molar-refractivity contribution in [3.05, 3.63) is 46.0 Å². The molecule has 0 aliphatic rings. The van der Waals surface area contributed by atoms with E-state index in [4.69, 9.17) is 0 Å². The van der Waals surface area contributed by atoms with Gasteiger partial charge in [0.1, 0.15) is 0 Å². The number of carbonyl (C=O) groups is 1. The van der Waals surface area contributed by atoms with Crippen LogP contribution >= 0.6 is 0 Å². The molecule has 1 N–H and O–H groups in total. The number of rotatable bonds is 3. The van der Waals surface area contributed by atoms with Gasteiger partial charge < -0.3 is 5.32 Å². The lowest BCUT2D eigenvalue weighted by molar-refractivity contribution is -0.384. The number of hydrogen-bond acceptors (Lipinski definition) is 3. The van der Waals surface area contributed by atoms with E-state index in [0.717, 1.165) is 0 Å². The van der Waals surface area contributed by atoms with Crippen molar-refractivity contribution < 1.29 is 9.72 Å². The number of nitro groups is 1. The Kier molecular flexibility index (Phi) is 3.40. The van der Waals surface area contributed by atoms with Gasteiger partial charge in [0.15, 0.2) is 0 Å². The molecule has 5 heteroatoms. The lowest BCUT2D eigenvalue weighted by atomic mass is 10.1. The second-order valence-corrected chi connectivity index (χ2v) is 3.49. The predicted octanol–water partition coefficient (Wildman–Crippen LogP) is 2.42. The average molecular weight is 220 g/mol. The first-order valence-electron chi connectivity index (χ1n) is 4.63. The van der Waals surface area contributed by atoms with Gasteiger partial charge in [0.05, 0.1) is 4.92 Å². The molecule has 1 aromatic carbocycles. The van der Waals surface area contributed by atoms with Crippen LogP contribution in [-0.2, 0) is 4.79 Å². The zero-order valence-corrected chi connectivity index (χ0v) is 9.11. The molecular weight excluding hydrogens is 208 g/mol. The van der Waals surface area contributed by atoms with Gasteiger partial charge in [-0.25, -0.2) is 0 Å². The summed E-state index contributed by atoms with van der Waals surface area (Å²) in [6, 6.07) is 4.27. The van der Waals surface area contributed by atoms with Crippen molar-refractivity contribution in [3.63, 3.8) is 0 Å². The first-order valence-corrected chi connectivity index (χ1v) is 4.63. The number of nitro benzene ring substituents is 1. The third kappa shape index (κ3) is 2.66. The molecular formula is C11H12N2O3. The fraction of sp³-hybridized carbons (Fsp3) is 0.182. The van der Waals surface area contributed by atoms with E-state index >= 15 is 0 Å². The summed E-state index contributed by atoms with van der Waals surface area (Å²) >= 11 is 0. The maximum absolute atomic E-state index is 11.3. The van der Waals surface area contributed by atoms with Crippen LogP contribution in [0.5, 0.6) is 0 Å². The molecule has 0 saturated carbocycles. The molecule has 0 bridgehead atoms. The Balaban J connectivity index is 2.96. The Morgan fingerprint density at radius 1 is 1.50 bits per heavy atom. The number of amides is 1. The van der Waals surface area contributed by atoms with Crippen LogP contribution in [0.25, 0.3) is 0 Å². The molecule has 1 aromatic rings. The van der Waals surface area contributed by atoms with Crippen molar-refractivity contribution in [1.82, 2.24) is 0 Å². The zero-order valence-electron chi connectivity index (χ0n) is 9.11. The second kappa shape index (κ2) is 4.57.